The van der Waals surface area contributed by atoms with Gasteiger partial charge in [-0.15, -0.1) is 0 Å². The molecule has 0 aliphatic rings. The molecular formula is C100H140O10. The van der Waals surface area contributed by atoms with E-state index in [1.165, 1.54) is 70.2 Å². The first-order chi connectivity index (χ1) is 52.4. The summed E-state index contributed by atoms with van der Waals surface area (Å²) in [7, 11) is 0. The van der Waals surface area contributed by atoms with E-state index >= 15 is 0 Å². The number of esters is 2. The molecular weight excluding hydrogens is 1360 g/mol. The van der Waals surface area contributed by atoms with Crippen molar-refractivity contribution < 1.29 is 49.0 Å². The highest BCUT2D eigenvalue weighted by atomic mass is 16.5. The van der Waals surface area contributed by atoms with Crippen molar-refractivity contribution in [2.24, 2.45) is 5.41 Å². The predicted molar refractivity (Wildman–Crippen MR) is 465 cm³/mol. The Labute approximate surface area is 666 Å². The van der Waals surface area contributed by atoms with Crippen molar-refractivity contribution in [3.63, 3.8) is 0 Å². The molecule has 0 fully saturated rings. The van der Waals surface area contributed by atoms with E-state index in [-0.39, 0.29) is 18.0 Å². The lowest BCUT2D eigenvalue weighted by atomic mass is 9.97. The van der Waals surface area contributed by atoms with Crippen LogP contribution >= 0.6 is 0 Å². The van der Waals surface area contributed by atoms with Crippen LogP contribution in [0.2, 0.25) is 0 Å². The molecule has 10 nitrogen and oxygen atoms in total. The van der Waals surface area contributed by atoms with Crippen LogP contribution in [0.3, 0.4) is 0 Å². The summed E-state index contributed by atoms with van der Waals surface area (Å²) in [6.07, 6.45) is 13.1. The lowest BCUT2D eigenvalue weighted by Gasteiger charge is -2.16. The van der Waals surface area contributed by atoms with Crippen LogP contribution in [-0.4, -0.2) is 45.1 Å². The van der Waals surface area contributed by atoms with Gasteiger partial charge in [-0.3, -0.25) is 4.79 Å². The molecule has 8 unspecified atom stereocenters. The number of carbonyl (C=O) groups excluding carboxylic acids is 2. The van der Waals surface area contributed by atoms with Gasteiger partial charge in [-0.25, -0.2) is 4.79 Å². The second kappa shape index (κ2) is 54.4. The number of phenols is 4. The summed E-state index contributed by atoms with van der Waals surface area (Å²) in [5.74, 6) is 8.76. The topological polar surface area (TPSA) is 152 Å². The smallest absolute Gasteiger partial charge is 0.343 e. The number of hydrogen-bond acceptors (Lipinski definition) is 10. The maximum absolute atomic E-state index is 11.9. The molecule has 8 atom stereocenters. The third-order valence-corrected chi connectivity index (χ3v) is 20.0. The van der Waals surface area contributed by atoms with Crippen molar-refractivity contribution in [3.8, 4) is 46.0 Å². The fraction of sp³-hybridized carbons (Fsp3) is 0.440. The van der Waals surface area contributed by atoms with Gasteiger partial charge < -0.3 is 39.4 Å². The molecule has 0 radical (unpaired) electrons. The van der Waals surface area contributed by atoms with Gasteiger partial charge in [0, 0.05) is 0 Å². The van der Waals surface area contributed by atoms with E-state index in [2.05, 4.69) is 166 Å². The summed E-state index contributed by atoms with van der Waals surface area (Å²) in [5.41, 5.74) is 10.6. The molecule has 0 bridgehead atoms. The molecule has 0 saturated carbocycles. The van der Waals surface area contributed by atoms with Crippen LogP contribution in [-0.2, 0) is 4.79 Å². The molecule has 9 rings (SSSR count). The molecule has 0 amide bonds. The third-order valence-electron chi connectivity index (χ3n) is 20.0. The summed E-state index contributed by atoms with van der Waals surface area (Å²) in [5, 5.41) is 36.0. The Morgan fingerprint density at radius 1 is 0.300 bits per heavy atom. The van der Waals surface area contributed by atoms with Gasteiger partial charge in [0.15, 0.2) is 0 Å². The number of hydrogen-bond donors (Lipinski definition) is 4. The minimum atomic E-state index is -0.463. The SMILES string of the molecule is CCC(C)c1ccc(O)cc1.CCC(C)c1ccc(O)cc1.CCC(C)c1ccc(O)cc1.CCC(C)c1ccc(O)cc1.CCC(C)c1ccc(OC(=O)C(C)(C)C)cc1.CCC(C)c1ccc(OC(=O)c2ccccc2)cc1.CCC(C)c1ccc(OC(C)C)cc1.CCCCCOc1ccc(C(C)CC)cc1. The van der Waals surface area contributed by atoms with Crippen LogP contribution in [0.15, 0.2) is 224 Å². The first-order valence-electron chi connectivity index (χ1n) is 40.7. The molecule has 0 heterocycles. The molecule has 0 saturated heterocycles. The Morgan fingerprint density at radius 3 is 0.773 bits per heavy atom. The Kier molecular flexibility index (Phi) is 47.8. The predicted octanol–water partition coefficient (Wildman–Crippen LogP) is 29.0. The van der Waals surface area contributed by atoms with Gasteiger partial charge in [-0.1, -0.05) is 246 Å². The van der Waals surface area contributed by atoms with Crippen molar-refractivity contribution in [3.05, 3.63) is 275 Å². The summed E-state index contributed by atoms with van der Waals surface area (Å²) in [6, 6.07) is 71.2. The second-order valence-corrected chi connectivity index (χ2v) is 30.2. The lowest BCUT2D eigenvalue weighted by molar-refractivity contribution is -0.143. The first-order valence-corrected chi connectivity index (χ1v) is 40.7. The van der Waals surface area contributed by atoms with Crippen molar-refractivity contribution in [1.29, 1.82) is 0 Å². The second-order valence-electron chi connectivity index (χ2n) is 30.2. The quantitative estimate of drug-likeness (QED) is 0.0234. The number of unbranched alkanes of at least 4 members (excludes halogenated alkanes) is 2. The zero-order valence-corrected chi connectivity index (χ0v) is 71.3. The number of rotatable bonds is 26. The number of benzene rings is 9. The van der Waals surface area contributed by atoms with Crippen LogP contribution in [0.4, 0.5) is 0 Å². The molecule has 0 aliphatic carbocycles. The van der Waals surface area contributed by atoms with Crippen LogP contribution in [0.5, 0.6) is 46.0 Å². The minimum absolute atomic E-state index is 0.200. The van der Waals surface area contributed by atoms with Gasteiger partial charge in [0.05, 0.1) is 23.7 Å². The van der Waals surface area contributed by atoms with E-state index in [4.69, 9.17) is 39.4 Å². The largest absolute Gasteiger partial charge is 0.508 e. The van der Waals surface area contributed by atoms with E-state index in [1.807, 2.05) is 150 Å². The highest BCUT2D eigenvalue weighted by Gasteiger charge is 2.24. The van der Waals surface area contributed by atoms with Crippen molar-refractivity contribution >= 4 is 11.9 Å². The number of carbonyl (C=O) groups is 2. The summed E-state index contributed by atoms with van der Waals surface area (Å²) in [4.78, 5) is 23.6. The van der Waals surface area contributed by atoms with Crippen molar-refractivity contribution in [2.75, 3.05) is 6.61 Å². The average molecular weight is 1500 g/mol. The van der Waals surface area contributed by atoms with E-state index in [0.29, 0.717) is 87.4 Å². The number of ether oxygens (including phenoxy) is 4. The van der Waals surface area contributed by atoms with Crippen molar-refractivity contribution in [1.82, 2.24) is 0 Å². The molecule has 10 heteroatoms. The zero-order valence-electron chi connectivity index (χ0n) is 71.3. The maximum atomic E-state index is 11.9. The van der Waals surface area contributed by atoms with Gasteiger partial charge in [-0.05, 0) is 293 Å². The average Bonchev–Trinajstić information content (AvgIpc) is 0.866. The van der Waals surface area contributed by atoms with Crippen LogP contribution in [0, 0.1) is 5.41 Å². The third kappa shape index (κ3) is 39.4. The van der Waals surface area contributed by atoms with Gasteiger partial charge in [-0.2, -0.15) is 0 Å². The monoisotopic (exact) mass is 1500 g/mol. The van der Waals surface area contributed by atoms with Gasteiger partial charge in [0.1, 0.15) is 46.0 Å². The van der Waals surface area contributed by atoms with Crippen molar-refractivity contribution in [2.45, 2.75) is 276 Å². The molecule has 4 N–H and O–H groups in total. The molecule has 0 spiro atoms. The first kappa shape index (κ1) is 96.8. The number of phenolic OH excluding ortho intramolecular Hbond substituents is 4. The minimum Gasteiger partial charge on any atom is -0.508 e. The summed E-state index contributed by atoms with van der Waals surface area (Å²) >= 11 is 0. The number of aromatic hydroxyl groups is 4. The van der Waals surface area contributed by atoms with Gasteiger partial charge in [0.2, 0.25) is 0 Å². The molecule has 600 valence electrons. The molecule has 0 aliphatic heterocycles. The Balaban J connectivity index is 0.000000430. The Morgan fingerprint density at radius 2 is 0.536 bits per heavy atom. The Hall–Kier alpha value is -9.28. The van der Waals surface area contributed by atoms with Crippen LogP contribution < -0.4 is 18.9 Å². The van der Waals surface area contributed by atoms with E-state index < -0.39 is 5.41 Å². The summed E-state index contributed by atoms with van der Waals surface area (Å²) in [6.45, 7) is 47.7. The standard InChI is InChI=1S/C17H18O2.C15H22O2.C15H24O.C13H20O.4C10H14O/c1-3-13(2)14-9-11-16(12-10-14)19-17(18)15-7-5-4-6-8-15;1-6-11(2)12-7-9-13(10-8-12)17-14(16)15(3,4)5;1-4-6-7-12-16-15-10-8-14(9-11-15)13(3)5-2;1-5-11(4)12-6-8-13(9-7-12)14-10(2)3;4*1-3-8(2)9-4-6-10(11)7-5-9/h4-13H,3H2,1-2H3;7-11H,6H2,1-5H3;8-11,13H,4-7,12H2,1-3H3;6-11H,5H2,1-4H3;4*4-8,11H,3H2,1-2H3. The van der Waals surface area contributed by atoms with E-state index in [0.717, 1.165) is 63.1 Å². The normalized spacial score (nSPS) is 12.7. The van der Waals surface area contributed by atoms with Gasteiger partial charge >= 0.3 is 11.9 Å². The van der Waals surface area contributed by atoms with E-state index in [9.17, 15) is 9.59 Å². The van der Waals surface area contributed by atoms with Crippen LogP contribution in [0.25, 0.3) is 0 Å². The highest BCUT2D eigenvalue weighted by Crippen LogP contribution is 2.29. The fourth-order valence-corrected chi connectivity index (χ4v) is 10.4. The maximum Gasteiger partial charge on any atom is 0.343 e. The fourth-order valence-electron chi connectivity index (χ4n) is 10.4. The van der Waals surface area contributed by atoms with Gasteiger partial charge in [0.25, 0.3) is 0 Å². The van der Waals surface area contributed by atoms with Crippen LogP contribution in [0.1, 0.15) is 325 Å². The zero-order chi connectivity index (χ0) is 82.1. The highest BCUT2D eigenvalue weighted by molar-refractivity contribution is 5.91. The molecule has 0 aromatic heterocycles. The molecule has 9 aromatic rings. The summed E-state index contributed by atoms with van der Waals surface area (Å²) < 4.78 is 21.9. The molecule has 110 heavy (non-hydrogen) atoms. The van der Waals surface area contributed by atoms with E-state index in [1.54, 1.807) is 60.7 Å². The Bertz CT molecular complexity index is 3580. The lowest BCUT2D eigenvalue weighted by Crippen LogP contribution is -2.25. The molecule has 9 aromatic carbocycles.